The molecule has 6 heteroatoms. The van der Waals surface area contributed by atoms with Crippen molar-refractivity contribution >= 4 is 29.7 Å². The summed E-state index contributed by atoms with van der Waals surface area (Å²) in [6, 6.07) is 10.4. The maximum Gasteiger partial charge on any atom is 0.154 e. The van der Waals surface area contributed by atoms with Crippen molar-refractivity contribution in [2.75, 3.05) is 29.6 Å². The maximum absolute atomic E-state index is 4.68. The van der Waals surface area contributed by atoms with E-state index in [4.69, 9.17) is 0 Å². The third kappa shape index (κ3) is 8.96. The lowest BCUT2D eigenvalue weighted by Gasteiger charge is -2.19. The molecule has 0 radical (unpaired) electrons. The predicted octanol–water partition coefficient (Wildman–Crippen LogP) is 5.96. The zero-order valence-electron chi connectivity index (χ0n) is 18.2. The van der Waals surface area contributed by atoms with Gasteiger partial charge in [0.1, 0.15) is 5.82 Å². The number of hydrogen-bond acceptors (Lipinski definition) is 5. The number of allylic oxidation sites excluding steroid dienone is 1. The molecule has 156 valence electrons. The third-order valence-electron chi connectivity index (χ3n) is 3.93. The Bertz CT molecular complexity index is 774. The first-order valence-corrected chi connectivity index (χ1v) is 11.1. The molecule has 1 heterocycles. The molecule has 0 saturated carbocycles. The second-order valence-corrected chi connectivity index (χ2v) is 7.03. The summed E-state index contributed by atoms with van der Waals surface area (Å²) in [5, 5.41) is 3.40. The van der Waals surface area contributed by atoms with Crippen LogP contribution >= 0.6 is 11.8 Å². The van der Waals surface area contributed by atoms with Crippen LogP contribution in [0.1, 0.15) is 39.3 Å². The summed E-state index contributed by atoms with van der Waals surface area (Å²) < 4.78 is 0. The van der Waals surface area contributed by atoms with Gasteiger partial charge < -0.3 is 10.2 Å². The van der Waals surface area contributed by atoms with Crippen LogP contribution in [0, 0.1) is 0 Å². The lowest BCUT2D eigenvalue weighted by Crippen LogP contribution is -2.23. The van der Waals surface area contributed by atoms with Gasteiger partial charge in [-0.05, 0) is 30.6 Å². The van der Waals surface area contributed by atoms with Crippen molar-refractivity contribution in [2.45, 2.75) is 33.7 Å². The molecule has 0 spiro atoms. The average molecular weight is 412 g/mol. The first kappa shape index (κ1) is 24.4. The van der Waals surface area contributed by atoms with Crippen LogP contribution < -0.4 is 10.2 Å². The monoisotopic (exact) mass is 411 g/mol. The fourth-order valence-electron chi connectivity index (χ4n) is 2.36. The number of aromatic nitrogens is 2. The highest BCUT2D eigenvalue weighted by Gasteiger charge is 2.09. The first-order chi connectivity index (χ1) is 14.1. The van der Waals surface area contributed by atoms with E-state index >= 15 is 0 Å². The van der Waals surface area contributed by atoms with Crippen LogP contribution in [0.5, 0.6) is 0 Å². The number of hydrogen-bond donors (Lipinski definition) is 1. The smallest absolute Gasteiger partial charge is 0.154 e. The summed E-state index contributed by atoms with van der Waals surface area (Å²) in [5.41, 5.74) is 1.20. The molecule has 1 unspecified atom stereocenters. The SMILES string of the molecule is C=CCN(C=NC/C=C(\C)SC)c1cncc(NC(C)c2ccccc2)n1.CC. The molecule has 1 atom stereocenters. The van der Waals surface area contributed by atoms with Crippen LogP contribution in [0.25, 0.3) is 0 Å². The summed E-state index contributed by atoms with van der Waals surface area (Å²) in [7, 11) is 0. The molecule has 0 aliphatic carbocycles. The van der Waals surface area contributed by atoms with E-state index in [1.54, 1.807) is 30.5 Å². The van der Waals surface area contributed by atoms with Crippen molar-refractivity contribution in [2.24, 2.45) is 4.99 Å². The Kier molecular flexibility index (Phi) is 12.1. The largest absolute Gasteiger partial charge is 0.362 e. The molecular weight excluding hydrogens is 378 g/mol. The highest BCUT2D eigenvalue weighted by molar-refractivity contribution is 8.02. The van der Waals surface area contributed by atoms with Crippen LogP contribution in [-0.4, -0.2) is 35.7 Å². The van der Waals surface area contributed by atoms with E-state index in [9.17, 15) is 0 Å². The number of benzene rings is 1. The summed E-state index contributed by atoms with van der Waals surface area (Å²) in [4.78, 5) is 16.7. The second kappa shape index (κ2) is 14.4. The van der Waals surface area contributed by atoms with Crippen molar-refractivity contribution in [1.29, 1.82) is 0 Å². The van der Waals surface area contributed by atoms with Crippen molar-refractivity contribution in [1.82, 2.24) is 9.97 Å². The van der Waals surface area contributed by atoms with Gasteiger partial charge in [0, 0.05) is 12.6 Å². The van der Waals surface area contributed by atoms with Gasteiger partial charge in [-0.2, -0.15) is 0 Å². The van der Waals surface area contributed by atoms with Crippen molar-refractivity contribution in [3.63, 3.8) is 0 Å². The summed E-state index contributed by atoms with van der Waals surface area (Å²) in [6.45, 7) is 13.3. The number of nitrogens with one attached hydrogen (secondary N) is 1. The molecule has 5 nitrogen and oxygen atoms in total. The Morgan fingerprint density at radius 1 is 1.28 bits per heavy atom. The molecular formula is C23H33N5S. The molecule has 1 aromatic heterocycles. The minimum Gasteiger partial charge on any atom is -0.362 e. The van der Waals surface area contributed by atoms with Crippen LogP contribution in [0.2, 0.25) is 0 Å². The summed E-state index contributed by atoms with van der Waals surface area (Å²) in [5.74, 6) is 1.46. The summed E-state index contributed by atoms with van der Waals surface area (Å²) in [6.07, 6.45) is 11.2. The number of rotatable bonds is 10. The zero-order valence-corrected chi connectivity index (χ0v) is 19.0. The van der Waals surface area contributed by atoms with Gasteiger partial charge in [0.15, 0.2) is 5.82 Å². The highest BCUT2D eigenvalue weighted by atomic mass is 32.2. The number of aliphatic imine (C=N–C) groups is 1. The third-order valence-corrected chi connectivity index (χ3v) is 4.74. The molecule has 1 N–H and O–H groups in total. The normalized spacial score (nSPS) is 12.1. The van der Waals surface area contributed by atoms with Crippen molar-refractivity contribution in [3.8, 4) is 0 Å². The van der Waals surface area contributed by atoms with Gasteiger partial charge in [0.2, 0.25) is 0 Å². The van der Waals surface area contributed by atoms with Gasteiger partial charge >= 0.3 is 0 Å². The molecule has 0 saturated heterocycles. The summed E-state index contributed by atoms with van der Waals surface area (Å²) >= 11 is 1.72. The van der Waals surface area contributed by atoms with Gasteiger partial charge in [0.05, 0.1) is 25.3 Å². The standard InChI is InChI=1S/C21H27N5S.C2H6/c1-5-13-26(16-22-12-11-17(2)27-4)21-15-23-14-20(25-21)24-18(3)19-9-7-6-8-10-19;1-2/h5-11,14-16,18H,1,12-13H2,2-4H3,(H,24,25);1-2H3/b17-11+,22-16?;. The topological polar surface area (TPSA) is 53.4 Å². The molecule has 2 rings (SSSR count). The highest BCUT2D eigenvalue weighted by Crippen LogP contribution is 2.19. The quantitative estimate of drug-likeness (QED) is 0.297. The van der Waals surface area contributed by atoms with E-state index < -0.39 is 0 Å². The zero-order chi connectivity index (χ0) is 21.5. The van der Waals surface area contributed by atoms with Crippen molar-refractivity contribution in [3.05, 3.63) is 71.9 Å². The molecule has 1 aromatic carbocycles. The van der Waals surface area contributed by atoms with Crippen LogP contribution in [0.3, 0.4) is 0 Å². The number of anilines is 2. The molecule has 29 heavy (non-hydrogen) atoms. The second-order valence-electron chi connectivity index (χ2n) is 5.98. The minimum atomic E-state index is 0.136. The number of nitrogens with zero attached hydrogens (tertiary/aromatic N) is 4. The van der Waals surface area contributed by atoms with E-state index in [0.717, 1.165) is 11.6 Å². The van der Waals surface area contributed by atoms with E-state index in [-0.39, 0.29) is 6.04 Å². The maximum atomic E-state index is 4.68. The van der Waals surface area contributed by atoms with Crippen LogP contribution in [-0.2, 0) is 0 Å². The van der Waals surface area contributed by atoms with E-state index in [0.29, 0.717) is 13.1 Å². The first-order valence-electron chi connectivity index (χ1n) is 9.85. The number of thioether (sulfide) groups is 1. The van der Waals surface area contributed by atoms with E-state index in [1.807, 2.05) is 43.0 Å². The Hall–Kier alpha value is -2.60. The van der Waals surface area contributed by atoms with Gasteiger partial charge in [-0.1, -0.05) is 56.3 Å². The molecule has 0 fully saturated rings. The molecule has 0 aliphatic rings. The lowest BCUT2D eigenvalue weighted by atomic mass is 10.1. The van der Waals surface area contributed by atoms with E-state index in [2.05, 4.69) is 65.2 Å². The molecule has 0 amide bonds. The average Bonchev–Trinajstić information content (AvgIpc) is 2.77. The minimum absolute atomic E-state index is 0.136. The Morgan fingerprint density at radius 3 is 2.66 bits per heavy atom. The Labute approximate surface area is 180 Å². The Balaban J connectivity index is 0.00000204. The molecule has 0 aliphatic heterocycles. The Morgan fingerprint density at radius 2 is 2.00 bits per heavy atom. The van der Waals surface area contributed by atoms with Gasteiger partial charge in [-0.3, -0.25) is 9.98 Å². The van der Waals surface area contributed by atoms with Gasteiger partial charge in [-0.15, -0.1) is 18.3 Å². The molecule has 0 bridgehead atoms. The van der Waals surface area contributed by atoms with Crippen molar-refractivity contribution < 1.29 is 0 Å². The van der Waals surface area contributed by atoms with Crippen LogP contribution in [0.15, 0.2) is 71.4 Å². The van der Waals surface area contributed by atoms with Crippen LogP contribution in [0.4, 0.5) is 11.6 Å². The lowest BCUT2D eigenvalue weighted by molar-refractivity contribution is 0.870. The van der Waals surface area contributed by atoms with E-state index in [1.165, 1.54) is 10.5 Å². The van der Waals surface area contributed by atoms with Gasteiger partial charge in [-0.25, -0.2) is 4.98 Å². The fraction of sp³-hybridized carbons (Fsp3) is 0.348. The molecule has 2 aromatic rings. The fourth-order valence-corrected chi connectivity index (χ4v) is 2.60. The predicted molar refractivity (Wildman–Crippen MR) is 130 cm³/mol. The van der Waals surface area contributed by atoms with Gasteiger partial charge in [0.25, 0.3) is 0 Å².